The summed E-state index contributed by atoms with van der Waals surface area (Å²) in [5, 5.41) is 12.3. The van der Waals surface area contributed by atoms with Gasteiger partial charge in [-0.25, -0.2) is 9.61 Å². The van der Waals surface area contributed by atoms with Crippen molar-refractivity contribution in [2.24, 2.45) is 5.73 Å². The lowest BCUT2D eigenvalue weighted by atomic mass is 10.0. The Labute approximate surface area is 165 Å². The number of nitrogens with one attached hydrogen (secondary N) is 1. The van der Waals surface area contributed by atoms with Crippen molar-refractivity contribution < 1.29 is 4.74 Å². The number of rotatable bonds is 4. The summed E-state index contributed by atoms with van der Waals surface area (Å²) < 4.78 is 7.75. The molecule has 7 nitrogen and oxygen atoms in total. The number of nitrogens with two attached hydrogens (primary N) is 1. The number of ether oxygens (including phenoxy) is 1. The zero-order valence-corrected chi connectivity index (χ0v) is 15.4. The molecule has 5 rings (SSSR count). The summed E-state index contributed by atoms with van der Waals surface area (Å²) >= 11 is 0. The molecular weight excluding hydrogens is 366 g/mol. The van der Waals surface area contributed by atoms with E-state index in [1.54, 1.807) is 16.8 Å². The number of pyridine rings is 1. The lowest BCUT2D eigenvalue weighted by Gasteiger charge is -2.08. The van der Waals surface area contributed by atoms with Crippen molar-refractivity contribution in [2.45, 2.75) is 6.54 Å². The van der Waals surface area contributed by atoms with Crippen molar-refractivity contribution in [3.05, 3.63) is 89.1 Å². The Hall–Kier alpha value is -3.97. The maximum atomic E-state index is 12.1. The summed E-state index contributed by atoms with van der Waals surface area (Å²) in [4.78, 5) is 12.1. The first-order valence-electron chi connectivity index (χ1n) is 9.15. The van der Waals surface area contributed by atoms with Gasteiger partial charge in [-0.1, -0.05) is 24.3 Å². The van der Waals surface area contributed by atoms with Crippen LogP contribution in [0.25, 0.3) is 27.4 Å². The summed E-state index contributed by atoms with van der Waals surface area (Å²) in [6.45, 7) is 0.237. The Bertz CT molecular complexity index is 1390. The maximum absolute atomic E-state index is 12.1. The lowest BCUT2D eigenvalue weighted by molar-refractivity contribution is 0.482. The second-order valence-electron chi connectivity index (χ2n) is 6.63. The van der Waals surface area contributed by atoms with Crippen molar-refractivity contribution in [3.8, 4) is 22.6 Å². The third-order valence-electron chi connectivity index (χ3n) is 4.84. The first kappa shape index (κ1) is 17.2. The van der Waals surface area contributed by atoms with E-state index >= 15 is 0 Å². The molecule has 0 bridgehead atoms. The lowest BCUT2D eigenvalue weighted by Crippen LogP contribution is -2.13. The van der Waals surface area contributed by atoms with Crippen LogP contribution in [0.2, 0.25) is 0 Å². The van der Waals surface area contributed by atoms with E-state index < -0.39 is 0 Å². The molecule has 0 aliphatic rings. The Morgan fingerprint density at radius 1 is 1.00 bits per heavy atom. The van der Waals surface area contributed by atoms with Gasteiger partial charge in [-0.2, -0.15) is 10.2 Å². The fraction of sp³-hybridized carbons (Fsp3) is 0.0455. The number of benzene rings is 2. The number of hydrogen-bond donors (Lipinski definition) is 2. The molecule has 3 aromatic heterocycles. The highest BCUT2D eigenvalue weighted by Crippen LogP contribution is 2.30. The van der Waals surface area contributed by atoms with E-state index in [0.29, 0.717) is 16.8 Å². The van der Waals surface area contributed by atoms with Gasteiger partial charge < -0.3 is 10.5 Å². The first-order chi connectivity index (χ1) is 14.2. The number of aromatic nitrogens is 4. The van der Waals surface area contributed by atoms with Crippen LogP contribution >= 0.6 is 0 Å². The van der Waals surface area contributed by atoms with E-state index in [1.165, 1.54) is 0 Å². The third kappa shape index (κ3) is 3.03. The summed E-state index contributed by atoms with van der Waals surface area (Å²) in [6.07, 6.45) is 3.65. The van der Waals surface area contributed by atoms with Crippen molar-refractivity contribution in [3.63, 3.8) is 0 Å². The second-order valence-corrected chi connectivity index (χ2v) is 6.63. The average Bonchev–Trinajstić information content (AvgIpc) is 3.18. The summed E-state index contributed by atoms with van der Waals surface area (Å²) in [6, 6.07) is 19.1. The standard InChI is InChI=1S/C22H17N5O2/c23-12-20-18-10-14(6-7-17(18)22(28)26-25-20)19-13-24-27-9-8-16(11-21(19)27)29-15-4-2-1-3-5-15/h1-11,13H,12,23H2,(H,26,28). The SMILES string of the molecule is NCc1n[nH]c(=O)c2ccc(-c3cnn4ccc(Oc5ccccc5)cc34)cc12. The van der Waals surface area contributed by atoms with Crippen LogP contribution in [-0.2, 0) is 6.54 Å². The fourth-order valence-corrected chi connectivity index (χ4v) is 3.41. The highest BCUT2D eigenvalue weighted by molar-refractivity contribution is 5.91. The van der Waals surface area contributed by atoms with Gasteiger partial charge in [-0.15, -0.1) is 0 Å². The van der Waals surface area contributed by atoms with Crippen LogP contribution < -0.4 is 16.0 Å². The number of hydrogen-bond acceptors (Lipinski definition) is 5. The van der Waals surface area contributed by atoms with Crippen LogP contribution in [-0.4, -0.2) is 19.8 Å². The van der Waals surface area contributed by atoms with E-state index in [0.717, 1.165) is 27.8 Å². The Balaban J connectivity index is 1.63. The Morgan fingerprint density at radius 2 is 1.86 bits per heavy atom. The molecule has 0 radical (unpaired) electrons. The minimum Gasteiger partial charge on any atom is -0.457 e. The molecule has 5 aromatic rings. The van der Waals surface area contributed by atoms with Gasteiger partial charge in [-0.3, -0.25) is 4.79 Å². The fourth-order valence-electron chi connectivity index (χ4n) is 3.41. The molecule has 0 amide bonds. The summed E-state index contributed by atoms with van der Waals surface area (Å²) in [5.41, 5.74) is 8.95. The molecule has 0 aliphatic carbocycles. The minimum absolute atomic E-state index is 0.234. The molecule has 0 atom stereocenters. The molecule has 29 heavy (non-hydrogen) atoms. The molecule has 3 heterocycles. The third-order valence-corrected chi connectivity index (χ3v) is 4.84. The number of fused-ring (bicyclic) bond motifs is 2. The van der Waals surface area contributed by atoms with E-state index in [1.807, 2.05) is 60.8 Å². The predicted octanol–water partition coefficient (Wildman–Crippen LogP) is 3.49. The predicted molar refractivity (Wildman–Crippen MR) is 111 cm³/mol. The highest BCUT2D eigenvalue weighted by Gasteiger charge is 2.12. The van der Waals surface area contributed by atoms with E-state index in [9.17, 15) is 4.79 Å². The van der Waals surface area contributed by atoms with Crippen molar-refractivity contribution in [1.82, 2.24) is 19.8 Å². The van der Waals surface area contributed by atoms with E-state index in [4.69, 9.17) is 10.5 Å². The van der Waals surface area contributed by atoms with Crippen LogP contribution in [0, 0.1) is 0 Å². The largest absolute Gasteiger partial charge is 0.457 e. The molecule has 142 valence electrons. The van der Waals surface area contributed by atoms with Crippen LogP contribution in [0.3, 0.4) is 0 Å². The van der Waals surface area contributed by atoms with Crippen LogP contribution in [0.15, 0.2) is 77.9 Å². The topological polar surface area (TPSA) is 98.3 Å². The summed E-state index contributed by atoms with van der Waals surface area (Å²) in [5.74, 6) is 1.48. The Morgan fingerprint density at radius 3 is 2.69 bits per heavy atom. The summed E-state index contributed by atoms with van der Waals surface area (Å²) in [7, 11) is 0. The maximum Gasteiger partial charge on any atom is 0.272 e. The van der Waals surface area contributed by atoms with Crippen LogP contribution in [0.5, 0.6) is 11.5 Å². The normalized spacial score (nSPS) is 11.2. The van der Waals surface area contributed by atoms with Crippen molar-refractivity contribution in [1.29, 1.82) is 0 Å². The Kier molecular flexibility index (Phi) is 4.07. The molecule has 7 heteroatoms. The van der Waals surface area contributed by atoms with Gasteiger partial charge in [0.15, 0.2) is 0 Å². The average molecular weight is 383 g/mol. The molecular formula is C22H17N5O2. The number of para-hydroxylation sites is 1. The number of nitrogens with zero attached hydrogens (tertiary/aromatic N) is 3. The van der Waals surface area contributed by atoms with E-state index in [2.05, 4.69) is 15.3 Å². The zero-order chi connectivity index (χ0) is 19.8. The van der Waals surface area contributed by atoms with Gasteiger partial charge in [-0.05, 0) is 35.9 Å². The molecule has 3 N–H and O–H groups in total. The van der Waals surface area contributed by atoms with Gasteiger partial charge in [0.05, 0.1) is 22.8 Å². The van der Waals surface area contributed by atoms with Crippen LogP contribution in [0.1, 0.15) is 5.69 Å². The first-order valence-corrected chi connectivity index (χ1v) is 9.15. The molecule has 0 unspecified atom stereocenters. The van der Waals surface area contributed by atoms with Gasteiger partial charge in [0.2, 0.25) is 0 Å². The second kappa shape index (κ2) is 6.88. The van der Waals surface area contributed by atoms with Gasteiger partial charge >= 0.3 is 0 Å². The number of aromatic amines is 1. The van der Waals surface area contributed by atoms with Crippen LogP contribution in [0.4, 0.5) is 0 Å². The smallest absolute Gasteiger partial charge is 0.272 e. The minimum atomic E-state index is -0.234. The molecule has 0 saturated carbocycles. The quantitative estimate of drug-likeness (QED) is 0.495. The van der Waals surface area contributed by atoms with Crippen molar-refractivity contribution in [2.75, 3.05) is 0 Å². The highest BCUT2D eigenvalue weighted by atomic mass is 16.5. The molecule has 2 aromatic carbocycles. The van der Waals surface area contributed by atoms with E-state index in [-0.39, 0.29) is 12.1 Å². The molecule has 0 saturated heterocycles. The van der Waals surface area contributed by atoms with Crippen molar-refractivity contribution >= 4 is 16.3 Å². The zero-order valence-electron chi connectivity index (χ0n) is 15.4. The number of H-pyrrole nitrogens is 1. The molecule has 0 fully saturated rings. The monoisotopic (exact) mass is 383 g/mol. The van der Waals surface area contributed by atoms with Gasteiger partial charge in [0.25, 0.3) is 5.56 Å². The van der Waals surface area contributed by atoms with Gasteiger partial charge in [0.1, 0.15) is 11.5 Å². The molecule has 0 spiro atoms. The van der Waals surface area contributed by atoms with Gasteiger partial charge in [0, 0.05) is 29.8 Å². The molecule has 0 aliphatic heterocycles.